The number of hydrogen-bond acceptors (Lipinski definition) is 7. The minimum Gasteiger partial charge on any atom is -0.494 e. The molecule has 1 aromatic carbocycles. The van der Waals surface area contributed by atoms with E-state index in [4.69, 9.17) is 4.74 Å². The number of carbonyl (C=O) groups is 1. The lowest BCUT2D eigenvalue weighted by atomic mass is 10.1. The summed E-state index contributed by atoms with van der Waals surface area (Å²) >= 11 is 0. The van der Waals surface area contributed by atoms with Gasteiger partial charge < -0.3 is 20.4 Å². The molecule has 5 rings (SSSR count). The summed E-state index contributed by atoms with van der Waals surface area (Å²) < 4.78 is 32.4. The number of methoxy groups -OCH3 is 1. The van der Waals surface area contributed by atoms with E-state index < -0.39 is 12.2 Å². The van der Waals surface area contributed by atoms with Crippen LogP contribution in [0.15, 0.2) is 24.3 Å². The van der Waals surface area contributed by atoms with Crippen molar-refractivity contribution in [2.45, 2.75) is 26.2 Å². The molecule has 3 aromatic heterocycles. The number of nitrogens with zero attached hydrogens (tertiary/aromatic N) is 5. The van der Waals surface area contributed by atoms with E-state index >= 15 is 0 Å². The number of nitrogens with one attached hydrogen (secondary N) is 3. The van der Waals surface area contributed by atoms with Gasteiger partial charge in [0.2, 0.25) is 5.91 Å². The van der Waals surface area contributed by atoms with Crippen LogP contribution in [0.4, 0.5) is 26.0 Å². The maximum absolute atomic E-state index is 13.3. The molecule has 0 aliphatic heterocycles. The van der Waals surface area contributed by atoms with E-state index in [1.807, 2.05) is 19.1 Å². The molecule has 1 saturated carbocycles. The zero-order valence-corrected chi connectivity index (χ0v) is 18.7. The van der Waals surface area contributed by atoms with E-state index in [1.54, 1.807) is 19.2 Å². The highest BCUT2D eigenvalue weighted by atomic mass is 19.3. The molecule has 0 radical (unpaired) electrons. The molecule has 3 N–H and O–H groups in total. The van der Waals surface area contributed by atoms with Crippen LogP contribution in [-0.2, 0) is 11.8 Å². The Balaban J connectivity index is 1.59. The first-order valence-corrected chi connectivity index (χ1v) is 10.7. The third-order valence-electron chi connectivity index (χ3n) is 5.50. The molecule has 176 valence electrons. The first-order chi connectivity index (χ1) is 16.3. The Bertz CT molecular complexity index is 1390. The molecule has 0 bridgehead atoms. The molecule has 3 heterocycles. The highest BCUT2D eigenvalue weighted by Crippen LogP contribution is 2.39. The van der Waals surface area contributed by atoms with Gasteiger partial charge in [0.15, 0.2) is 17.2 Å². The number of pyridine rings is 1. The number of aromatic amines is 1. The Morgan fingerprint density at radius 2 is 2.03 bits per heavy atom. The number of alkyl halides is 2. The number of benzene rings is 1. The molecular weight excluding hydrogens is 446 g/mol. The Hall–Kier alpha value is -4.09. The number of aryl methyl sites for hydroxylation is 2. The van der Waals surface area contributed by atoms with Crippen molar-refractivity contribution in [2.24, 2.45) is 13.0 Å². The van der Waals surface area contributed by atoms with E-state index in [0.717, 1.165) is 18.5 Å². The van der Waals surface area contributed by atoms with Crippen molar-refractivity contribution in [3.8, 4) is 17.0 Å². The predicted octanol–water partition coefficient (Wildman–Crippen LogP) is 4.10. The summed E-state index contributed by atoms with van der Waals surface area (Å²) in [6, 6.07) is 7.02. The lowest BCUT2D eigenvalue weighted by Gasteiger charge is -2.15. The van der Waals surface area contributed by atoms with Gasteiger partial charge in [0, 0.05) is 24.6 Å². The number of carbonyl (C=O) groups excluding carboxylic acids is 1. The van der Waals surface area contributed by atoms with Gasteiger partial charge in [-0.05, 0) is 31.9 Å². The van der Waals surface area contributed by atoms with Crippen LogP contribution in [0.1, 0.15) is 30.8 Å². The van der Waals surface area contributed by atoms with Crippen molar-refractivity contribution in [2.75, 3.05) is 17.7 Å². The van der Waals surface area contributed by atoms with Crippen LogP contribution < -0.4 is 15.4 Å². The number of H-pyrrole nitrogens is 1. The third-order valence-corrected chi connectivity index (χ3v) is 5.50. The number of anilines is 3. The van der Waals surface area contributed by atoms with Gasteiger partial charge in [0.05, 0.1) is 24.2 Å². The predicted molar refractivity (Wildman–Crippen MR) is 121 cm³/mol. The maximum Gasteiger partial charge on any atom is 0.295 e. The van der Waals surface area contributed by atoms with Gasteiger partial charge >= 0.3 is 0 Å². The molecule has 0 spiro atoms. The average molecular weight is 468 g/mol. The van der Waals surface area contributed by atoms with Crippen LogP contribution in [-0.4, -0.2) is 43.0 Å². The summed E-state index contributed by atoms with van der Waals surface area (Å²) in [4.78, 5) is 24.6. The fraction of sp³-hybridized carbons (Fsp3) is 0.318. The van der Waals surface area contributed by atoms with Crippen molar-refractivity contribution in [1.82, 2.24) is 29.9 Å². The number of ether oxygens (including phenoxy) is 1. The first kappa shape index (κ1) is 21.7. The average Bonchev–Trinajstić information content (AvgIpc) is 3.47. The minimum atomic E-state index is -2.80. The van der Waals surface area contributed by atoms with Gasteiger partial charge in [0.1, 0.15) is 17.0 Å². The number of rotatable bonds is 7. The molecule has 34 heavy (non-hydrogen) atoms. The molecule has 1 amide bonds. The summed E-state index contributed by atoms with van der Waals surface area (Å²) in [5.74, 6) is 0.0241. The van der Waals surface area contributed by atoms with E-state index in [9.17, 15) is 13.6 Å². The fourth-order valence-corrected chi connectivity index (χ4v) is 3.78. The van der Waals surface area contributed by atoms with Crippen LogP contribution in [0.3, 0.4) is 0 Å². The highest BCUT2D eigenvalue weighted by molar-refractivity contribution is 5.97. The molecule has 10 nitrogen and oxygen atoms in total. The normalized spacial score (nSPS) is 13.5. The number of aromatic nitrogens is 6. The zero-order chi connectivity index (χ0) is 24.0. The molecule has 0 atom stereocenters. The molecule has 0 unspecified atom stereocenters. The summed E-state index contributed by atoms with van der Waals surface area (Å²) in [5, 5.41) is 14.7. The van der Waals surface area contributed by atoms with Crippen LogP contribution in [0, 0.1) is 12.8 Å². The molecular formula is C22H22F2N8O2. The second kappa shape index (κ2) is 8.36. The standard InChI is InChI=1S/C22H22F2N8O2/c1-10-16(31-32(2)30-10)12-5-4-6-13(18(12)34-3)25-14-9-15(27-22(33)11-7-8-11)26-20-17(14)28-21(29-20)19(23)24/h4-6,9,11,19H,7-8H2,1-3H3,(H3,25,26,27,28,29,33). The maximum atomic E-state index is 13.3. The number of amides is 1. The topological polar surface area (TPSA) is 123 Å². The zero-order valence-electron chi connectivity index (χ0n) is 18.7. The third kappa shape index (κ3) is 4.02. The van der Waals surface area contributed by atoms with E-state index in [0.29, 0.717) is 28.4 Å². The Kier molecular flexibility index (Phi) is 5.34. The van der Waals surface area contributed by atoms with Crippen LogP contribution in [0.5, 0.6) is 5.75 Å². The van der Waals surface area contributed by atoms with Crippen molar-refractivity contribution in [3.63, 3.8) is 0 Å². The number of halogens is 2. The summed E-state index contributed by atoms with van der Waals surface area (Å²) in [5.41, 5.74) is 3.36. The Morgan fingerprint density at radius 1 is 1.24 bits per heavy atom. The molecule has 4 aromatic rings. The fourth-order valence-electron chi connectivity index (χ4n) is 3.78. The van der Waals surface area contributed by atoms with Crippen LogP contribution in [0.2, 0.25) is 0 Å². The van der Waals surface area contributed by atoms with Gasteiger partial charge in [0.25, 0.3) is 6.43 Å². The summed E-state index contributed by atoms with van der Waals surface area (Å²) in [6.07, 6.45) is -1.15. The number of imidazole rings is 1. The Morgan fingerprint density at radius 3 is 2.68 bits per heavy atom. The largest absolute Gasteiger partial charge is 0.494 e. The van der Waals surface area contributed by atoms with E-state index in [2.05, 4.69) is 35.8 Å². The van der Waals surface area contributed by atoms with Crippen molar-refractivity contribution in [3.05, 3.63) is 35.8 Å². The van der Waals surface area contributed by atoms with Crippen LogP contribution >= 0.6 is 0 Å². The molecule has 1 aliphatic rings. The van der Waals surface area contributed by atoms with Crippen LogP contribution in [0.25, 0.3) is 22.4 Å². The lowest BCUT2D eigenvalue weighted by molar-refractivity contribution is -0.117. The number of fused-ring (bicyclic) bond motifs is 1. The van der Waals surface area contributed by atoms with Gasteiger partial charge in [-0.25, -0.2) is 18.7 Å². The molecule has 12 heteroatoms. The van der Waals surface area contributed by atoms with Crippen molar-refractivity contribution < 1.29 is 18.3 Å². The Labute approximate surface area is 192 Å². The minimum absolute atomic E-state index is 0.0423. The van der Waals surface area contributed by atoms with E-state index in [1.165, 1.54) is 11.9 Å². The summed E-state index contributed by atoms with van der Waals surface area (Å²) in [7, 11) is 3.26. The molecule has 0 saturated heterocycles. The summed E-state index contributed by atoms with van der Waals surface area (Å²) in [6.45, 7) is 1.85. The van der Waals surface area contributed by atoms with Crippen molar-refractivity contribution in [1.29, 1.82) is 0 Å². The second-order valence-corrected chi connectivity index (χ2v) is 8.07. The SMILES string of the molecule is COc1c(Nc2cc(NC(=O)C3CC3)nc3[nH]c(C(F)F)nc23)cccc1-c1nn(C)nc1C. The van der Waals surface area contributed by atoms with Gasteiger partial charge in [-0.1, -0.05) is 6.07 Å². The number of para-hydroxylation sites is 1. The molecule has 1 fully saturated rings. The quantitative estimate of drug-likeness (QED) is 0.373. The smallest absolute Gasteiger partial charge is 0.295 e. The van der Waals surface area contributed by atoms with Gasteiger partial charge in [-0.15, -0.1) is 0 Å². The van der Waals surface area contributed by atoms with Gasteiger partial charge in [-0.3, -0.25) is 4.79 Å². The second-order valence-electron chi connectivity index (χ2n) is 8.07. The monoisotopic (exact) mass is 468 g/mol. The molecule has 1 aliphatic carbocycles. The number of hydrogen-bond donors (Lipinski definition) is 3. The van der Waals surface area contributed by atoms with Crippen molar-refractivity contribution >= 4 is 34.3 Å². The highest BCUT2D eigenvalue weighted by Gasteiger charge is 2.30. The van der Waals surface area contributed by atoms with Gasteiger partial charge in [-0.2, -0.15) is 15.0 Å². The lowest BCUT2D eigenvalue weighted by Crippen LogP contribution is -2.14. The van der Waals surface area contributed by atoms with E-state index in [-0.39, 0.29) is 28.8 Å². The first-order valence-electron chi connectivity index (χ1n) is 10.7.